The van der Waals surface area contributed by atoms with E-state index in [2.05, 4.69) is 75.2 Å². The highest BCUT2D eigenvalue weighted by molar-refractivity contribution is 9.10. The predicted octanol–water partition coefficient (Wildman–Crippen LogP) is 3.68. The van der Waals surface area contributed by atoms with Gasteiger partial charge in [-0.3, -0.25) is 0 Å². The number of benzene rings is 2. The van der Waals surface area contributed by atoms with Gasteiger partial charge in [-0.25, -0.2) is 4.99 Å². The lowest BCUT2D eigenvalue weighted by molar-refractivity contribution is 0.216. The molecule has 0 atom stereocenters. The molecule has 0 bridgehead atoms. The van der Waals surface area contributed by atoms with Crippen molar-refractivity contribution in [1.82, 2.24) is 9.80 Å². The summed E-state index contributed by atoms with van der Waals surface area (Å²) in [5.74, 6) is 1.13. The van der Waals surface area contributed by atoms with Gasteiger partial charge in [-0.1, -0.05) is 46.3 Å². The van der Waals surface area contributed by atoms with Gasteiger partial charge in [0.1, 0.15) is 5.84 Å². The Morgan fingerprint density at radius 3 is 2.57 bits per heavy atom. The van der Waals surface area contributed by atoms with E-state index in [1.165, 1.54) is 16.7 Å². The predicted molar refractivity (Wildman–Crippen MR) is 98.7 cm³/mol. The maximum absolute atomic E-state index is 5.08. The van der Waals surface area contributed by atoms with Gasteiger partial charge in [-0.05, 0) is 30.3 Å². The van der Waals surface area contributed by atoms with Gasteiger partial charge < -0.3 is 9.80 Å². The molecule has 0 N–H and O–H groups in total. The fourth-order valence-corrected chi connectivity index (χ4v) is 3.67. The average molecular weight is 370 g/mol. The molecule has 23 heavy (non-hydrogen) atoms. The molecule has 118 valence electrons. The fraction of sp³-hybridized carbons (Fsp3) is 0.316. The van der Waals surface area contributed by atoms with Crippen molar-refractivity contribution in [2.75, 3.05) is 33.2 Å². The number of amidine groups is 1. The van der Waals surface area contributed by atoms with E-state index < -0.39 is 0 Å². The molecule has 0 spiro atoms. The molecule has 4 rings (SSSR count). The molecule has 2 aromatic rings. The van der Waals surface area contributed by atoms with Gasteiger partial charge in [-0.15, -0.1) is 0 Å². The number of hydrogen-bond donors (Lipinski definition) is 0. The second kappa shape index (κ2) is 6.10. The SMILES string of the molecule is CN1CCN(C2=Nc3cc(Br)ccc3Cc3ccccc32)CC1. The summed E-state index contributed by atoms with van der Waals surface area (Å²) in [5, 5.41) is 0. The molecule has 2 aliphatic heterocycles. The first-order valence-corrected chi connectivity index (χ1v) is 8.89. The second-order valence-electron chi connectivity index (χ2n) is 6.33. The van der Waals surface area contributed by atoms with E-state index in [0.717, 1.165) is 48.6 Å². The number of rotatable bonds is 0. The van der Waals surface area contributed by atoms with Crippen LogP contribution in [0.1, 0.15) is 16.7 Å². The van der Waals surface area contributed by atoms with Crippen LogP contribution in [-0.4, -0.2) is 48.9 Å². The van der Waals surface area contributed by atoms with Crippen LogP contribution in [0.2, 0.25) is 0 Å². The van der Waals surface area contributed by atoms with E-state index in [-0.39, 0.29) is 0 Å². The average Bonchev–Trinajstić information content (AvgIpc) is 2.72. The van der Waals surface area contributed by atoms with Crippen molar-refractivity contribution in [3.63, 3.8) is 0 Å². The lowest BCUT2D eigenvalue weighted by Gasteiger charge is -2.35. The van der Waals surface area contributed by atoms with E-state index in [4.69, 9.17) is 4.99 Å². The van der Waals surface area contributed by atoms with Gasteiger partial charge in [0.15, 0.2) is 0 Å². The Balaban J connectivity index is 1.83. The summed E-state index contributed by atoms with van der Waals surface area (Å²) in [6, 6.07) is 15.1. The number of hydrogen-bond acceptors (Lipinski definition) is 3. The third-order valence-corrected chi connectivity index (χ3v) is 5.21. The van der Waals surface area contributed by atoms with Gasteiger partial charge in [0.2, 0.25) is 0 Å². The number of likely N-dealkylation sites (N-methyl/N-ethyl adjacent to an activating group) is 1. The second-order valence-corrected chi connectivity index (χ2v) is 7.25. The van der Waals surface area contributed by atoms with Gasteiger partial charge >= 0.3 is 0 Å². The van der Waals surface area contributed by atoms with E-state index in [1.54, 1.807) is 0 Å². The molecule has 2 aliphatic rings. The summed E-state index contributed by atoms with van der Waals surface area (Å²) in [6.45, 7) is 4.25. The fourth-order valence-electron chi connectivity index (χ4n) is 3.32. The Morgan fingerprint density at radius 2 is 1.74 bits per heavy atom. The van der Waals surface area contributed by atoms with E-state index in [9.17, 15) is 0 Å². The van der Waals surface area contributed by atoms with Crippen molar-refractivity contribution >= 4 is 27.5 Å². The number of nitrogens with zero attached hydrogens (tertiary/aromatic N) is 3. The van der Waals surface area contributed by atoms with Crippen LogP contribution in [0.15, 0.2) is 51.9 Å². The lowest BCUT2D eigenvalue weighted by Crippen LogP contribution is -2.47. The Labute approximate surface area is 145 Å². The molecule has 0 amide bonds. The summed E-state index contributed by atoms with van der Waals surface area (Å²) in [4.78, 5) is 9.90. The van der Waals surface area contributed by atoms with Gasteiger partial charge in [0, 0.05) is 42.6 Å². The molecule has 0 unspecified atom stereocenters. The molecule has 0 radical (unpaired) electrons. The zero-order valence-electron chi connectivity index (χ0n) is 13.3. The maximum Gasteiger partial charge on any atom is 0.136 e. The van der Waals surface area contributed by atoms with Gasteiger partial charge in [0.25, 0.3) is 0 Å². The number of aliphatic imine (C=N–C) groups is 1. The number of fused-ring (bicyclic) bond motifs is 2. The molecule has 4 heteroatoms. The third-order valence-electron chi connectivity index (χ3n) is 4.72. The highest BCUT2D eigenvalue weighted by Crippen LogP contribution is 2.32. The van der Waals surface area contributed by atoms with Crippen molar-refractivity contribution < 1.29 is 0 Å². The Kier molecular flexibility index (Phi) is 3.95. The summed E-state index contributed by atoms with van der Waals surface area (Å²) >= 11 is 3.59. The molecular weight excluding hydrogens is 350 g/mol. The Morgan fingerprint density at radius 1 is 0.957 bits per heavy atom. The zero-order valence-corrected chi connectivity index (χ0v) is 14.9. The summed E-state index contributed by atoms with van der Waals surface area (Å²) in [6.07, 6.45) is 0.944. The molecular formula is C19H20BrN3. The highest BCUT2D eigenvalue weighted by Gasteiger charge is 2.23. The minimum Gasteiger partial charge on any atom is -0.354 e. The topological polar surface area (TPSA) is 18.8 Å². The van der Waals surface area contributed by atoms with Crippen molar-refractivity contribution in [2.45, 2.75) is 6.42 Å². The highest BCUT2D eigenvalue weighted by atomic mass is 79.9. The molecule has 1 fully saturated rings. The first kappa shape index (κ1) is 14.9. The third kappa shape index (κ3) is 2.93. The standard InChI is InChI=1S/C19H20BrN3/c1-22-8-10-23(11-9-22)19-17-5-3-2-4-14(17)12-15-6-7-16(20)13-18(15)21-19/h2-7,13H,8-12H2,1H3. The monoisotopic (exact) mass is 369 g/mol. The Hall–Kier alpha value is -1.65. The molecule has 2 aromatic carbocycles. The quantitative estimate of drug-likeness (QED) is 0.705. The number of halogens is 1. The lowest BCUT2D eigenvalue weighted by atomic mass is 9.99. The summed E-state index contributed by atoms with van der Waals surface area (Å²) < 4.78 is 1.09. The van der Waals surface area contributed by atoms with E-state index >= 15 is 0 Å². The van der Waals surface area contributed by atoms with Crippen LogP contribution in [0.3, 0.4) is 0 Å². The van der Waals surface area contributed by atoms with Crippen LogP contribution in [-0.2, 0) is 6.42 Å². The number of piperazine rings is 1. The van der Waals surface area contributed by atoms with Crippen LogP contribution >= 0.6 is 15.9 Å². The summed E-state index contributed by atoms with van der Waals surface area (Å²) in [5.41, 5.74) is 5.03. The van der Waals surface area contributed by atoms with Crippen LogP contribution in [0.4, 0.5) is 5.69 Å². The first-order valence-electron chi connectivity index (χ1n) is 8.09. The van der Waals surface area contributed by atoms with Crippen LogP contribution < -0.4 is 0 Å². The molecule has 1 saturated heterocycles. The normalized spacial score (nSPS) is 18.0. The van der Waals surface area contributed by atoms with E-state index in [1.807, 2.05) is 0 Å². The molecule has 0 aliphatic carbocycles. The minimum absolute atomic E-state index is 0.944. The summed E-state index contributed by atoms with van der Waals surface area (Å²) in [7, 11) is 2.19. The minimum atomic E-state index is 0.944. The van der Waals surface area contributed by atoms with Crippen LogP contribution in [0, 0.1) is 0 Å². The largest absolute Gasteiger partial charge is 0.354 e. The van der Waals surface area contributed by atoms with Crippen molar-refractivity contribution in [3.8, 4) is 0 Å². The van der Waals surface area contributed by atoms with Crippen molar-refractivity contribution in [1.29, 1.82) is 0 Å². The van der Waals surface area contributed by atoms with Crippen LogP contribution in [0.25, 0.3) is 0 Å². The molecule has 3 nitrogen and oxygen atoms in total. The molecule has 2 heterocycles. The molecule has 0 aromatic heterocycles. The van der Waals surface area contributed by atoms with Gasteiger partial charge in [0.05, 0.1) is 5.69 Å². The van der Waals surface area contributed by atoms with Crippen molar-refractivity contribution in [2.24, 2.45) is 4.99 Å². The molecule has 0 saturated carbocycles. The van der Waals surface area contributed by atoms with E-state index in [0.29, 0.717) is 0 Å². The van der Waals surface area contributed by atoms with Crippen LogP contribution in [0.5, 0.6) is 0 Å². The van der Waals surface area contributed by atoms with Gasteiger partial charge in [-0.2, -0.15) is 0 Å². The maximum atomic E-state index is 5.08. The Bertz CT molecular complexity index is 761. The first-order chi connectivity index (χ1) is 11.2. The van der Waals surface area contributed by atoms with Crippen molar-refractivity contribution in [3.05, 3.63) is 63.6 Å². The zero-order chi connectivity index (χ0) is 15.8. The smallest absolute Gasteiger partial charge is 0.136 e.